The van der Waals surface area contributed by atoms with E-state index in [1.165, 1.54) is 12.3 Å². The molecular formula is C20H19FN4O. The highest BCUT2D eigenvalue weighted by atomic mass is 19.1. The number of aromatic nitrogens is 2. The molecule has 0 saturated heterocycles. The van der Waals surface area contributed by atoms with E-state index < -0.39 is 0 Å². The number of carbonyl (C=O) groups is 1. The van der Waals surface area contributed by atoms with Gasteiger partial charge in [-0.1, -0.05) is 48.5 Å². The van der Waals surface area contributed by atoms with Crippen LogP contribution in [0.15, 0.2) is 66.9 Å². The summed E-state index contributed by atoms with van der Waals surface area (Å²) in [6, 6.07) is 17.5. The lowest BCUT2D eigenvalue weighted by atomic mass is 10.1. The zero-order valence-electron chi connectivity index (χ0n) is 14.3. The number of hydrogen-bond acceptors (Lipinski definition) is 4. The third-order valence-corrected chi connectivity index (χ3v) is 3.93. The Hall–Kier alpha value is -3.28. The van der Waals surface area contributed by atoms with Crippen molar-refractivity contribution >= 4 is 11.9 Å². The van der Waals surface area contributed by atoms with Gasteiger partial charge in [0.05, 0.1) is 6.04 Å². The molecule has 3 rings (SSSR count). The number of nitrogens with one attached hydrogen (secondary N) is 2. The molecule has 0 fully saturated rings. The summed E-state index contributed by atoms with van der Waals surface area (Å²) < 4.78 is 13.7. The van der Waals surface area contributed by atoms with Gasteiger partial charge in [0, 0.05) is 18.3 Å². The quantitative estimate of drug-likeness (QED) is 0.711. The Labute approximate surface area is 151 Å². The number of carbonyl (C=O) groups excluding carboxylic acids is 1. The van der Waals surface area contributed by atoms with Crippen molar-refractivity contribution in [1.82, 2.24) is 15.3 Å². The van der Waals surface area contributed by atoms with Gasteiger partial charge in [-0.05, 0) is 24.6 Å². The van der Waals surface area contributed by atoms with Crippen LogP contribution in [0, 0.1) is 5.82 Å². The third-order valence-electron chi connectivity index (χ3n) is 3.93. The van der Waals surface area contributed by atoms with Crippen LogP contribution in [-0.4, -0.2) is 15.9 Å². The van der Waals surface area contributed by atoms with Crippen molar-refractivity contribution < 1.29 is 9.18 Å². The second-order valence-electron chi connectivity index (χ2n) is 5.82. The maximum Gasteiger partial charge on any atom is 0.270 e. The van der Waals surface area contributed by atoms with E-state index in [9.17, 15) is 9.18 Å². The molecule has 0 aliphatic carbocycles. The first-order valence-corrected chi connectivity index (χ1v) is 8.29. The molecule has 0 aliphatic heterocycles. The maximum absolute atomic E-state index is 13.7. The van der Waals surface area contributed by atoms with Gasteiger partial charge in [-0.15, -0.1) is 0 Å². The average molecular weight is 350 g/mol. The molecule has 0 spiro atoms. The van der Waals surface area contributed by atoms with Crippen LogP contribution in [0.2, 0.25) is 0 Å². The van der Waals surface area contributed by atoms with Crippen LogP contribution in [0.25, 0.3) is 0 Å². The largest absolute Gasteiger partial charge is 0.350 e. The van der Waals surface area contributed by atoms with Crippen molar-refractivity contribution in [3.63, 3.8) is 0 Å². The number of anilines is 1. The van der Waals surface area contributed by atoms with Gasteiger partial charge in [-0.25, -0.2) is 14.4 Å². The Morgan fingerprint density at radius 2 is 1.81 bits per heavy atom. The smallest absolute Gasteiger partial charge is 0.270 e. The molecule has 132 valence electrons. The Morgan fingerprint density at radius 1 is 1.08 bits per heavy atom. The lowest BCUT2D eigenvalue weighted by Gasteiger charge is -2.14. The van der Waals surface area contributed by atoms with Crippen LogP contribution in [0.1, 0.15) is 34.6 Å². The number of rotatable bonds is 6. The molecule has 1 amide bonds. The van der Waals surface area contributed by atoms with E-state index in [1.807, 2.05) is 37.3 Å². The van der Waals surface area contributed by atoms with Crippen LogP contribution in [-0.2, 0) is 6.54 Å². The first-order chi connectivity index (χ1) is 12.6. The van der Waals surface area contributed by atoms with Gasteiger partial charge in [0.1, 0.15) is 11.5 Å². The standard InChI is InChI=1S/C20H19FN4O/c1-14(15-7-3-2-4-8-15)24-19(26)18-11-12-22-20(25-18)23-13-16-9-5-6-10-17(16)21/h2-12,14H,13H2,1H3,(H,24,26)(H,22,23,25). The van der Waals surface area contributed by atoms with E-state index in [0.717, 1.165) is 5.56 Å². The van der Waals surface area contributed by atoms with E-state index in [-0.39, 0.29) is 36.0 Å². The van der Waals surface area contributed by atoms with E-state index in [1.54, 1.807) is 24.3 Å². The van der Waals surface area contributed by atoms with Crippen LogP contribution >= 0.6 is 0 Å². The van der Waals surface area contributed by atoms with E-state index in [2.05, 4.69) is 20.6 Å². The fourth-order valence-electron chi connectivity index (χ4n) is 2.48. The fourth-order valence-corrected chi connectivity index (χ4v) is 2.48. The third kappa shape index (κ3) is 4.42. The summed E-state index contributed by atoms with van der Waals surface area (Å²) >= 11 is 0. The molecule has 1 heterocycles. The SMILES string of the molecule is CC(NC(=O)c1ccnc(NCc2ccccc2F)n1)c1ccccc1. The molecule has 3 aromatic rings. The van der Waals surface area contributed by atoms with Gasteiger partial charge in [0.2, 0.25) is 5.95 Å². The fraction of sp³-hybridized carbons (Fsp3) is 0.150. The van der Waals surface area contributed by atoms with Gasteiger partial charge < -0.3 is 10.6 Å². The molecule has 0 saturated carbocycles. The molecule has 6 heteroatoms. The van der Waals surface area contributed by atoms with Crippen LogP contribution < -0.4 is 10.6 Å². The molecule has 0 aliphatic rings. The number of hydrogen-bond donors (Lipinski definition) is 2. The molecule has 26 heavy (non-hydrogen) atoms. The van der Waals surface area contributed by atoms with E-state index in [4.69, 9.17) is 0 Å². The Morgan fingerprint density at radius 3 is 2.58 bits per heavy atom. The topological polar surface area (TPSA) is 66.9 Å². The van der Waals surface area contributed by atoms with Gasteiger partial charge in [-0.3, -0.25) is 4.79 Å². The van der Waals surface area contributed by atoms with E-state index >= 15 is 0 Å². The predicted octanol–water partition coefficient (Wildman–Crippen LogP) is 3.72. The second kappa shape index (κ2) is 8.20. The zero-order chi connectivity index (χ0) is 18.4. The number of halogens is 1. The van der Waals surface area contributed by atoms with Crippen LogP contribution in [0.4, 0.5) is 10.3 Å². The highest BCUT2D eigenvalue weighted by molar-refractivity contribution is 5.92. The van der Waals surface area contributed by atoms with E-state index in [0.29, 0.717) is 5.56 Å². The number of nitrogens with zero attached hydrogens (tertiary/aromatic N) is 2. The van der Waals surface area contributed by atoms with Gasteiger partial charge in [-0.2, -0.15) is 0 Å². The molecule has 2 aromatic carbocycles. The van der Waals surface area contributed by atoms with Crippen LogP contribution in [0.3, 0.4) is 0 Å². The summed E-state index contributed by atoms with van der Waals surface area (Å²) in [7, 11) is 0. The minimum absolute atomic E-state index is 0.145. The summed E-state index contributed by atoms with van der Waals surface area (Å²) in [5, 5.41) is 5.85. The molecule has 0 bridgehead atoms. The van der Waals surface area contributed by atoms with Crippen LogP contribution in [0.5, 0.6) is 0 Å². The van der Waals surface area contributed by atoms with Crippen molar-refractivity contribution in [2.45, 2.75) is 19.5 Å². The van der Waals surface area contributed by atoms with Gasteiger partial charge >= 0.3 is 0 Å². The highest BCUT2D eigenvalue weighted by Gasteiger charge is 2.13. The van der Waals surface area contributed by atoms with Crippen molar-refractivity contribution in [3.8, 4) is 0 Å². The molecule has 1 unspecified atom stereocenters. The monoisotopic (exact) mass is 350 g/mol. The molecule has 1 atom stereocenters. The molecule has 1 aromatic heterocycles. The van der Waals surface area contributed by atoms with Crippen molar-refractivity contribution in [2.24, 2.45) is 0 Å². The van der Waals surface area contributed by atoms with Gasteiger partial charge in [0.25, 0.3) is 5.91 Å². The van der Waals surface area contributed by atoms with Crippen molar-refractivity contribution in [1.29, 1.82) is 0 Å². The second-order valence-corrected chi connectivity index (χ2v) is 5.82. The average Bonchev–Trinajstić information content (AvgIpc) is 2.68. The summed E-state index contributed by atoms with van der Waals surface area (Å²) in [6.45, 7) is 2.14. The Balaban J connectivity index is 1.65. The maximum atomic E-state index is 13.7. The summed E-state index contributed by atoms with van der Waals surface area (Å²) in [4.78, 5) is 20.7. The normalized spacial score (nSPS) is 11.6. The minimum atomic E-state index is -0.300. The Bertz CT molecular complexity index is 886. The first kappa shape index (κ1) is 17.5. The van der Waals surface area contributed by atoms with Crippen molar-refractivity contribution in [3.05, 3.63) is 89.5 Å². The molecule has 5 nitrogen and oxygen atoms in total. The number of amides is 1. The lowest BCUT2D eigenvalue weighted by molar-refractivity contribution is 0.0935. The lowest BCUT2D eigenvalue weighted by Crippen LogP contribution is -2.27. The summed E-state index contributed by atoms with van der Waals surface area (Å²) in [5.41, 5.74) is 1.76. The summed E-state index contributed by atoms with van der Waals surface area (Å²) in [5.74, 6) is -0.323. The number of benzene rings is 2. The minimum Gasteiger partial charge on any atom is -0.350 e. The van der Waals surface area contributed by atoms with Crippen molar-refractivity contribution in [2.75, 3.05) is 5.32 Å². The Kier molecular flexibility index (Phi) is 5.53. The van der Waals surface area contributed by atoms with Gasteiger partial charge in [0.15, 0.2) is 0 Å². The predicted molar refractivity (Wildman–Crippen MR) is 98.1 cm³/mol. The molecule has 2 N–H and O–H groups in total. The first-order valence-electron chi connectivity index (χ1n) is 8.29. The summed E-state index contributed by atoms with van der Waals surface area (Å²) in [6.07, 6.45) is 1.50. The highest BCUT2D eigenvalue weighted by Crippen LogP contribution is 2.13. The zero-order valence-corrected chi connectivity index (χ0v) is 14.3. The molecule has 0 radical (unpaired) electrons. The molecular weight excluding hydrogens is 331 g/mol.